The number of hydrogen-bond donors (Lipinski definition) is 2. The average molecular weight is 270 g/mol. The molecule has 2 saturated heterocycles. The van der Waals surface area contributed by atoms with Crippen LogP contribution >= 0.6 is 0 Å². The lowest BCUT2D eigenvalue weighted by molar-refractivity contribution is -0.145. The van der Waals surface area contributed by atoms with E-state index in [4.69, 9.17) is 15.6 Å². The van der Waals surface area contributed by atoms with Gasteiger partial charge in [-0.25, -0.2) is 4.79 Å². The van der Waals surface area contributed by atoms with Gasteiger partial charge >= 0.3 is 12.1 Å². The van der Waals surface area contributed by atoms with E-state index in [-0.39, 0.29) is 30.5 Å². The zero-order valence-corrected chi connectivity index (χ0v) is 11.6. The van der Waals surface area contributed by atoms with Crippen LogP contribution in [-0.4, -0.2) is 46.8 Å². The second-order valence-electron chi connectivity index (χ2n) is 6.45. The van der Waals surface area contributed by atoms with Gasteiger partial charge in [-0.15, -0.1) is 0 Å². The van der Waals surface area contributed by atoms with Crippen LogP contribution in [0.5, 0.6) is 0 Å². The highest BCUT2D eigenvalue weighted by atomic mass is 16.6. The fourth-order valence-corrected chi connectivity index (χ4v) is 3.21. The standard InChI is InChI=1S/C13H22N2O4/c1-13(2,3)19-12(18)15-6-7-4-9(15)10(7)8(5-14)11(16)17/h7-10H,4-6,14H2,1-3H3,(H,16,17)/t7-,8?,9-,10?/m0/s1. The Bertz CT molecular complexity index is 391. The van der Waals surface area contributed by atoms with Crippen LogP contribution < -0.4 is 5.73 Å². The first-order chi connectivity index (χ1) is 8.74. The number of fused-ring (bicyclic) bond motifs is 1. The highest BCUT2D eigenvalue weighted by Gasteiger charge is 2.58. The van der Waals surface area contributed by atoms with Crippen molar-refractivity contribution in [1.29, 1.82) is 0 Å². The molecule has 1 amide bonds. The lowest BCUT2D eigenvalue weighted by Crippen LogP contribution is -2.49. The van der Waals surface area contributed by atoms with Gasteiger partial charge in [-0.2, -0.15) is 0 Å². The third-order valence-corrected chi connectivity index (χ3v) is 4.03. The monoisotopic (exact) mass is 270 g/mol. The Morgan fingerprint density at radius 1 is 1.47 bits per heavy atom. The molecule has 2 aliphatic heterocycles. The molecule has 3 N–H and O–H groups in total. The van der Waals surface area contributed by atoms with Gasteiger partial charge in [-0.05, 0) is 39.0 Å². The number of hydrogen-bond acceptors (Lipinski definition) is 4. The molecule has 0 radical (unpaired) electrons. The largest absolute Gasteiger partial charge is 0.481 e. The van der Waals surface area contributed by atoms with Crippen molar-refractivity contribution in [3.05, 3.63) is 0 Å². The minimum atomic E-state index is -0.867. The predicted octanol–water partition coefficient (Wildman–Crippen LogP) is 0.901. The van der Waals surface area contributed by atoms with E-state index >= 15 is 0 Å². The Labute approximate surface area is 112 Å². The zero-order valence-electron chi connectivity index (χ0n) is 11.6. The van der Waals surface area contributed by atoms with E-state index < -0.39 is 17.5 Å². The van der Waals surface area contributed by atoms with Gasteiger partial charge in [0.1, 0.15) is 5.60 Å². The van der Waals surface area contributed by atoms with Crippen LogP contribution in [0.15, 0.2) is 0 Å². The first-order valence-corrected chi connectivity index (χ1v) is 6.67. The second kappa shape index (κ2) is 4.67. The number of carboxylic acid groups (broad SMARTS) is 1. The second-order valence-corrected chi connectivity index (χ2v) is 6.45. The van der Waals surface area contributed by atoms with E-state index in [1.165, 1.54) is 0 Å². The van der Waals surface area contributed by atoms with Gasteiger partial charge in [-0.3, -0.25) is 4.79 Å². The molecule has 0 aromatic carbocycles. The summed E-state index contributed by atoms with van der Waals surface area (Å²) in [4.78, 5) is 24.9. The summed E-state index contributed by atoms with van der Waals surface area (Å²) in [6, 6.07) is -0.0236. The first-order valence-electron chi connectivity index (χ1n) is 6.67. The molecule has 0 aromatic rings. The van der Waals surface area contributed by atoms with Gasteiger partial charge in [0.15, 0.2) is 0 Å². The van der Waals surface area contributed by atoms with Gasteiger partial charge in [0.05, 0.1) is 5.92 Å². The van der Waals surface area contributed by atoms with Gasteiger partial charge in [-0.1, -0.05) is 0 Å². The Morgan fingerprint density at radius 2 is 2.11 bits per heavy atom. The highest BCUT2D eigenvalue weighted by Crippen LogP contribution is 2.50. The molecule has 1 aliphatic carbocycles. The molecular formula is C13H22N2O4. The van der Waals surface area contributed by atoms with Crippen LogP contribution in [0, 0.1) is 17.8 Å². The summed E-state index contributed by atoms with van der Waals surface area (Å²) in [7, 11) is 0. The number of carboxylic acids is 1. The number of nitrogens with two attached hydrogens (primary N) is 1. The van der Waals surface area contributed by atoms with Crippen molar-refractivity contribution in [2.75, 3.05) is 13.1 Å². The summed E-state index contributed by atoms with van der Waals surface area (Å²) in [6.45, 7) is 6.18. The maximum absolute atomic E-state index is 12.0. The lowest BCUT2D eigenvalue weighted by atomic mass is 9.67. The SMILES string of the molecule is CC(C)(C)OC(=O)N1C[C@@H]2C[C@H]1C2C(CN)C(=O)O. The molecule has 3 aliphatic rings. The molecule has 4 atom stereocenters. The number of carbonyl (C=O) groups is 2. The van der Waals surface area contributed by atoms with E-state index in [1.807, 2.05) is 20.8 Å². The van der Waals surface area contributed by atoms with Gasteiger partial charge in [0, 0.05) is 19.1 Å². The van der Waals surface area contributed by atoms with E-state index in [2.05, 4.69) is 0 Å². The van der Waals surface area contributed by atoms with Crippen LogP contribution in [0.3, 0.4) is 0 Å². The number of nitrogens with zero attached hydrogens (tertiary/aromatic N) is 1. The van der Waals surface area contributed by atoms with Crippen molar-refractivity contribution in [1.82, 2.24) is 4.90 Å². The van der Waals surface area contributed by atoms with Crippen molar-refractivity contribution in [3.63, 3.8) is 0 Å². The summed E-state index contributed by atoms with van der Waals surface area (Å²) >= 11 is 0. The van der Waals surface area contributed by atoms with Crippen LogP contribution in [0.1, 0.15) is 27.2 Å². The van der Waals surface area contributed by atoms with Gasteiger partial charge in [0.25, 0.3) is 0 Å². The lowest BCUT2D eigenvalue weighted by Gasteiger charge is -2.39. The topological polar surface area (TPSA) is 92.9 Å². The molecule has 3 rings (SSSR count). The maximum Gasteiger partial charge on any atom is 0.410 e. The van der Waals surface area contributed by atoms with Crippen LogP contribution in [-0.2, 0) is 9.53 Å². The summed E-state index contributed by atoms with van der Waals surface area (Å²) in [5.74, 6) is -1.19. The fourth-order valence-electron chi connectivity index (χ4n) is 3.21. The predicted molar refractivity (Wildman–Crippen MR) is 68.5 cm³/mol. The van der Waals surface area contributed by atoms with E-state index in [1.54, 1.807) is 4.90 Å². The molecule has 2 heterocycles. The third-order valence-electron chi connectivity index (χ3n) is 4.03. The van der Waals surface area contributed by atoms with E-state index in [0.717, 1.165) is 6.42 Å². The van der Waals surface area contributed by atoms with Crippen LogP contribution in [0.4, 0.5) is 4.79 Å². The maximum atomic E-state index is 12.0. The Balaban J connectivity index is 2.02. The fraction of sp³-hybridized carbons (Fsp3) is 0.846. The van der Waals surface area contributed by atoms with Crippen LogP contribution in [0.25, 0.3) is 0 Å². The zero-order chi connectivity index (χ0) is 14.4. The van der Waals surface area contributed by atoms with E-state index in [9.17, 15) is 9.59 Å². The quantitative estimate of drug-likeness (QED) is 0.795. The van der Waals surface area contributed by atoms with Crippen LogP contribution in [0.2, 0.25) is 0 Å². The molecule has 19 heavy (non-hydrogen) atoms. The number of aliphatic carboxylic acids is 1. The number of ether oxygens (including phenoxy) is 1. The van der Waals surface area contributed by atoms with Gasteiger partial charge in [0.2, 0.25) is 0 Å². The average Bonchev–Trinajstić information content (AvgIpc) is 2.80. The van der Waals surface area contributed by atoms with Crippen molar-refractivity contribution in [3.8, 4) is 0 Å². The molecule has 0 aromatic heterocycles. The normalized spacial score (nSPS) is 30.7. The van der Waals surface area contributed by atoms with Gasteiger partial charge < -0.3 is 20.5 Å². The molecule has 108 valence electrons. The molecule has 2 bridgehead atoms. The number of rotatable bonds is 3. The summed E-state index contributed by atoms with van der Waals surface area (Å²) < 4.78 is 5.35. The molecular weight excluding hydrogens is 248 g/mol. The smallest absolute Gasteiger partial charge is 0.410 e. The molecule has 0 spiro atoms. The van der Waals surface area contributed by atoms with Crippen molar-refractivity contribution in [2.45, 2.75) is 38.8 Å². The molecule has 6 heteroatoms. The summed E-state index contributed by atoms with van der Waals surface area (Å²) in [5, 5.41) is 9.17. The molecule has 3 fully saturated rings. The van der Waals surface area contributed by atoms with Crippen molar-refractivity contribution < 1.29 is 19.4 Å². The first kappa shape index (κ1) is 14.1. The number of amides is 1. The highest BCUT2D eigenvalue weighted by molar-refractivity contribution is 5.73. The number of carbonyl (C=O) groups excluding carboxylic acids is 1. The minimum absolute atomic E-state index is 0.0185. The Morgan fingerprint density at radius 3 is 2.58 bits per heavy atom. The molecule has 6 nitrogen and oxygen atoms in total. The minimum Gasteiger partial charge on any atom is -0.481 e. The molecule has 1 saturated carbocycles. The summed E-state index contributed by atoms with van der Waals surface area (Å²) in [6.07, 6.45) is 0.525. The van der Waals surface area contributed by atoms with E-state index in [0.29, 0.717) is 6.54 Å². The Kier molecular flexibility index (Phi) is 3.47. The summed E-state index contributed by atoms with van der Waals surface area (Å²) in [5.41, 5.74) is 5.02. The van der Waals surface area contributed by atoms with Crippen molar-refractivity contribution >= 4 is 12.1 Å². The van der Waals surface area contributed by atoms with Crippen molar-refractivity contribution in [2.24, 2.45) is 23.5 Å². The third kappa shape index (κ3) is 2.54. The molecule has 2 unspecified atom stereocenters. The Hall–Kier alpha value is -1.30.